The van der Waals surface area contributed by atoms with E-state index >= 15 is 0 Å². The quantitative estimate of drug-likeness (QED) is 0.285. The van der Waals surface area contributed by atoms with Gasteiger partial charge in [0.05, 0.1) is 38.9 Å². The van der Waals surface area contributed by atoms with E-state index in [0.29, 0.717) is 28.9 Å². The van der Waals surface area contributed by atoms with Gasteiger partial charge in [-0.2, -0.15) is 5.10 Å². The monoisotopic (exact) mass is 456 g/mol. The summed E-state index contributed by atoms with van der Waals surface area (Å²) in [6.45, 7) is 0. The van der Waals surface area contributed by atoms with Crippen LogP contribution in [0.4, 0.5) is 5.95 Å². The van der Waals surface area contributed by atoms with Crippen molar-refractivity contribution in [3.63, 3.8) is 0 Å². The van der Waals surface area contributed by atoms with Crippen LogP contribution in [0.5, 0.6) is 23.0 Å². The molecule has 0 unspecified atom stereocenters. The number of aromatic nitrogens is 2. The van der Waals surface area contributed by atoms with Crippen LogP contribution >= 0.6 is 0 Å². The Bertz CT molecular complexity index is 1310. The van der Waals surface area contributed by atoms with Gasteiger partial charge in [0.15, 0.2) is 23.0 Å². The smallest absolute Gasteiger partial charge is 0.244 e. The fraction of sp³-hybridized carbons (Fsp3) is 0.115. The van der Waals surface area contributed by atoms with Gasteiger partial charge in [-0.05, 0) is 48.0 Å². The van der Waals surface area contributed by atoms with Gasteiger partial charge in [-0.25, -0.2) is 15.4 Å². The van der Waals surface area contributed by atoms with E-state index in [-0.39, 0.29) is 5.75 Å². The Morgan fingerprint density at radius 3 is 2.15 bits per heavy atom. The van der Waals surface area contributed by atoms with Crippen LogP contribution < -0.4 is 19.6 Å². The Labute approximate surface area is 197 Å². The van der Waals surface area contributed by atoms with Gasteiger partial charge in [-0.1, -0.05) is 30.3 Å². The number of hydrogen-bond donors (Lipinski definition) is 2. The van der Waals surface area contributed by atoms with E-state index in [1.54, 1.807) is 38.6 Å². The molecule has 0 radical (unpaired) electrons. The Morgan fingerprint density at radius 2 is 1.44 bits per heavy atom. The van der Waals surface area contributed by atoms with Gasteiger partial charge in [0.2, 0.25) is 5.95 Å². The van der Waals surface area contributed by atoms with Crippen LogP contribution in [-0.4, -0.2) is 42.6 Å². The molecule has 0 saturated carbocycles. The Balaban J connectivity index is 1.70. The average Bonchev–Trinajstić information content (AvgIpc) is 2.89. The number of aromatic hydroxyl groups is 1. The largest absolute Gasteiger partial charge is 0.504 e. The van der Waals surface area contributed by atoms with Crippen LogP contribution in [0.3, 0.4) is 0 Å². The lowest BCUT2D eigenvalue weighted by atomic mass is 10.1. The van der Waals surface area contributed by atoms with Crippen molar-refractivity contribution in [3.8, 4) is 45.5 Å². The van der Waals surface area contributed by atoms with Crippen LogP contribution in [0.25, 0.3) is 22.5 Å². The van der Waals surface area contributed by atoms with Crippen LogP contribution in [0, 0.1) is 0 Å². The summed E-state index contributed by atoms with van der Waals surface area (Å²) in [5, 5.41) is 14.0. The lowest BCUT2D eigenvalue weighted by Gasteiger charge is -2.11. The van der Waals surface area contributed by atoms with Crippen LogP contribution in [0.1, 0.15) is 5.56 Å². The number of hydrazone groups is 1. The summed E-state index contributed by atoms with van der Waals surface area (Å²) in [5.41, 5.74) is 6.86. The van der Waals surface area contributed by atoms with Crippen LogP contribution in [0.15, 0.2) is 77.9 Å². The average molecular weight is 457 g/mol. The Morgan fingerprint density at radius 1 is 0.735 bits per heavy atom. The topological polar surface area (TPSA) is 98.1 Å². The molecule has 4 aromatic rings. The van der Waals surface area contributed by atoms with Crippen LogP contribution in [-0.2, 0) is 0 Å². The van der Waals surface area contributed by atoms with Crippen molar-refractivity contribution >= 4 is 12.2 Å². The lowest BCUT2D eigenvalue weighted by Crippen LogP contribution is -2.01. The van der Waals surface area contributed by atoms with E-state index in [0.717, 1.165) is 22.4 Å². The summed E-state index contributed by atoms with van der Waals surface area (Å²) >= 11 is 0. The molecular formula is C26H24N4O4. The minimum absolute atomic E-state index is 0.0612. The van der Waals surface area contributed by atoms with Gasteiger partial charge in [0.1, 0.15) is 0 Å². The van der Waals surface area contributed by atoms with Crippen molar-refractivity contribution in [1.29, 1.82) is 0 Å². The molecule has 0 bridgehead atoms. The molecule has 0 atom stereocenters. The zero-order valence-electron chi connectivity index (χ0n) is 19.0. The fourth-order valence-corrected chi connectivity index (χ4v) is 3.34. The van der Waals surface area contributed by atoms with E-state index in [4.69, 9.17) is 14.2 Å². The summed E-state index contributed by atoms with van der Waals surface area (Å²) in [6, 6.07) is 22.3. The molecule has 0 aliphatic heterocycles. The molecule has 1 heterocycles. The maximum atomic E-state index is 9.76. The number of nitrogens with one attached hydrogen (secondary N) is 1. The van der Waals surface area contributed by atoms with Gasteiger partial charge < -0.3 is 19.3 Å². The zero-order chi connectivity index (χ0) is 23.9. The van der Waals surface area contributed by atoms with Gasteiger partial charge in [0.25, 0.3) is 0 Å². The second kappa shape index (κ2) is 10.4. The normalized spacial score (nSPS) is 10.8. The second-order valence-electron chi connectivity index (χ2n) is 7.20. The first-order valence-corrected chi connectivity index (χ1v) is 10.4. The summed E-state index contributed by atoms with van der Waals surface area (Å²) < 4.78 is 15.9. The molecule has 8 nitrogen and oxygen atoms in total. The molecule has 0 spiro atoms. The van der Waals surface area contributed by atoms with E-state index < -0.39 is 0 Å². The third-order valence-corrected chi connectivity index (χ3v) is 5.06. The van der Waals surface area contributed by atoms with E-state index in [2.05, 4.69) is 20.5 Å². The summed E-state index contributed by atoms with van der Waals surface area (Å²) in [7, 11) is 4.68. The molecular weight excluding hydrogens is 432 g/mol. The Kier molecular flexibility index (Phi) is 6.88. The predicted octanol–water partition coefficient (Wildman–Crippen LogP) is 4.99. The van der Waals surface area contributed by atoms with Crippen molar-refractivity contribution in [2.24, 2.45) is 5.10 Å². The SMILES string of the molecule is COc1cc(C=NNc2nc(-c3ccccc3)cc(-c3ccc(OC)c(OC)c3)n2)ccc1O. The number of benzene rings is 3. The third kappa shape index (κ3) is 5.07. The number of phenols is 1. The first-order valence-electron chi connectivity index (χ1n) is 10.4. The molecule has 4 rings (SSSR count). The molecule has 172 valence electrons. The molecule has 0 aliphatic rings. The van der Waals surface area contributed by atoms with Gasteiger partial charge in [-0.3, -0.25) is 0 Å². The molecule has 2 N–H and O–H groups in total. The summed E-state index contributed by atoms with van der Waals surface area (Å²) in [6.07, 6.45) is 1.59. The number of phenolic OH excluding ortho intramolecular Hbond substituents is 1. The molecule has 0 fully saturated rings. The predicted molar refractivity (Wildman–Crippen MR) is 132 cm³/mol. The van der Waals surface area contributed by atoms with Crippen molar-refractivity contribution in [3.05, 3.63) is 78.4 Å². The highest BCUT2D eigenvalue weighted by Gasteiger charge is 2.11. The van der Waals surface area contributed by atoms with Gasteiger partial charge >= 0.3 is 0 Å². The lowest BCUT2D eigenvalue weighted by molar-refractivity contribution is 0.355. The summed E-state index contributed by atoms with van der Waals surface area (Å²) in [5.74, 6) is 1.99. The molecule has 0 aliphatic carbocycles. The van der Waals surface area contributed by atoms with Gasteiger partial charge in [-0.15, -0.1) is 0 Å². The molecule has 1 aromatic heterocycles. The highest BCUT2D eigenvalue weighted by Crippen LogP contribution is 2.33. The maximum absolute atomic E-state index is 9.76. The molecule has 34 heavy (non-hydrogen) atoms. The number of methoxy groups -OCH3 is 3. The van der Waals surface area contributed by atoms with Crippen molar-refractivity contribution in [2.45, 2.75) is 0 Å². The zero-order valence-corrected chi connectivity index (χ0v) is 19.0. The van der Waals surface area contributed by atoms with E-state index in [1.165, 1.54) is 7.11 Å². The minimum atomic E-state index is 0.0612. The Hall–Kier alpha value is -4.59. The third-order valence-electron chi connectivity index (χ3n) is 5.06. The van der Waals surface area contributed by atoms with Crippen molar-refractivity contribution in [2.75, 3.05) is 26.8 Å². The van der Waals surface area contributed by atoms with Gasteiger partial charge in [0, 0.05) is 11.1 Å². The molecule has 0 amide bonds. The van der Waals surface area contributed by atoms with Crippen LogP contribution in [0.2, 0.25) is 0 Å². The van der Waals surface area contributed by atoms with E-state index in [1.807, 2.05) is 54.6 Å². The van der Waals surface area contributed by atoms with Crippen molar-refractivity contribution < 1.29 is 19.3 Å². The number of ether oxygens (including phenoxy) is 3. The first-order chi connectivity index (χ1) is 16.6. The first kappa shape index (κ1) is 22.6. The van der Waals surface area contributed by atoms with E-state index in [9.17, 15) is 5.11 Å². The highest BCUT2D eigenvalue weighted by atomic mass is 16.5. The molecule has 3 aromatic carbocycles. The second-order valence-corrected chi connectivity index (χ2v) is 7.20. The molecule has 8 heteroatoms. The fourth-order valence-electron chi connectivity index (χ4n) is 3.34. The highest BCUT2D eigenvalue weighted by molar-refractivity contribution is 5.81. The van der Waals surface area contributed by atoms with Crippen molar-refractivity contribution in [1.82, 2.24) is 9.97 Å². The summed E-state index contributed by atoms with van der Waals surface area (Å²) in [4.78, 5) is 9.27. The number of rotatable bonds is 8. The standard InChI is InChI=1S/C26H24N4O4/c1-32-23-12-10-19(14-25(23)34-3)21-15-20(18-7-5-4-6-8-18)28-26(29-21)30-27-16-17-9-11-22(31)24(13-17)33-2/h4-16,31H,1-3H3,(H,28,29,30). The number of nitrogens with zero attached hydrogens (tertiary/aromatic N) is 3. The molecule has 0 saturated heterocycles. The number of hydrogen-bond acceptors (Lipinski definition) is 8. The minimum Gasteiger partial charge on any atom is -0.504 e. The number of anilines is 1. The maximum Gasteiger partial charge on any atom is 0.244 e.